The molecule has 12 heteroatoms. The predicted octanol–water partition coefficient (Wildman–Crippen LogP) is 2.02. The third-order valence-electron chi connectivity index (χ3n) is 4.82. The molecular formula is C22H28FN3O6SSn. The van der Waals surface area contributed by atoms with Crippen molar-refractivity contribution in [3.05, 3.63) is 47.4 Å². The third-order valence-corrected chi connectivity index (χ3v) is 5.97. The number of aliphatic carboxylic acids is 1. The summed E-state index contributed by atoms with van der Waals surface area (Å²) in [5.74, 6) is -1.87. The summed E-state index contributed by atoms with van der Waals surface area (Å²) in [5, 5.41) is 28.8. The molecule has 0 aliphatic carbocycles. The molecular weight excluding hydrogens is 572 g/mol. The van der Waals surface area contributed by atoms with Crippen molar-refractivity contribution >= 4 is 51.9 Å². The van der Waals surface area contributed by atoms with E-state index in [1.165, 1.54) is 43.5 Å². The van der Waals surface area contributed by atoms with Crippen molar-refractivity contribution in [1.82, 2.24) is 9.97 Å². The number of benzene rings is 1. The summed E-state index contributed by atoms with van der Waals surface area (Å²) in [5.41, 5.74) is 1.80. The average Bonchev–Trinajstić information content (AvgIpc) is 2.70. The number of aromatic nitrogens is 2. The Morgan fingerprint density at radius 2 is 1.76 bits per heavy atom. The van der Waals surface area contributed by atoms with E-state index >= 15 is 0 Å². The number of halogens is 1. The Morgan fingerprint density at radius 3 is 2.26 bits per heavy atom. The monoisotopic (exact) mass is 601 g/mol. The molecule has 0 aliphatic rings. The maximum atomic E-state index is 13.5. The molecule has 0 spiro atoms. The molecule has 184 valence electrons. The van der Waals surface area contributed by atoms with Crippen molar-refractivity contribution in [3.8, 4) is 11.3 Å². The standard InChI is InChI=1S/C22H28FN3O6S.Sn/c1-13(2)20-18(10-9-16(27)11-17(28)12-19(29)30)21(14-5-7-15(23)8-6-14)25-22(24-20)26(3)33(4,31)32;/h5-10,13,16-17,27-28H,11-12H2,1-4H3,(H,29,30);/b10-9+;/t16-,17-;/m1./s1. The van der Waals surface area contributed by atoms with Crippen molar-refractivity contribution in [2.75, 3.05) is 17.6 Å². The molecule has 0 saturated carbocycles. The number of nitrogens with zero attached hydrogens (tertiary/aromatic N) is 3. The van der Waals surface area contributed by atoms with E-state index in [0.29, 0.717) is 22.5 Å². The molecule has 0 unspecified atom stereocenters. The van der Waals surface area contributed by atoms with Crippen LogP contribution in [0.5, 0.6) is 0 Å². The summed E-state index contributed by atoms with van der Waals surface area (Å²) in [6.45, 7) is 3.71. The van der Waals surface area contributed by atoms with Gasteiger partial charge in [0.05, 0.1) is 36.3 Å². The van der Waals surface area contributed by atoms with Crippen LogP contribution in [0.25, 0.3) is 17.3 Å². The predicted molar refractivity (Wildman–Crippen MR) is 128 cm³/mol. The van der Waals surface area contributed by atoms with Gasteiger partial charge in [-0.25, -0.2) is 27.1 Å². The van der Waals surface area contributed by atoms with Crippen LogP contribution in [0.1, 0.15) is 43.9 Å². The van der Waals surface area contributed by atoms with Crippen molar-refractivity contribution in [2.45, 2.75) is 44.8 Å². The number of rotatable bonds is 10. The molecule has 0 bridgehead atoms. The molecule has 1 heterocycles. The van der Waals surface area contributed by atoms with Gasteiger partial charge in [-0.05, 0) is 30.2 Å². The Morgan fingerprint density at radius 1 is 1.18 bits per heavy atom. The van der Waals surface area contributed by atoms with Crippen LogP contribution in [0.15, 0.2) is 30.3 Å². The van der Waals surface area contributed by atoms with Crippen molar-refractivity contribution < 1.29 is 32.9 Å². The van der Waals surface area contributed by atoms with Gasteiger partial charge in [-0.3, -0.25) is 4.79 Å². The van der Waals surface area contributed by atoms with Gasteiger partial charge in [0.15, 0.2) is 0 Å². The van der Waals surface area contributed by atoms with Crippen LogP contribution in [-0.4, -0.2) is 89.1 Å². The van der Waals surface area contributed by atoms with E-state index in [1.807, 2.05) is 13.8 Å². The van der Waals surface area contributed by atoms with Gasteiger partial charge in [-0.15, -0.1) is 0 Å². The second-order valence-corrected chi connectivity index (χ2v) is 9.99. The van der Waals surface area contributed by atoms with Crippen molar-refractivity contribution in [2.24, 2.45) is 0 Å². The van der Waals surface area contributed by atoms with Gasteiger partial charge in [-0.2, -0.15) is 0 Å². The van der Waals surface area contributed by atoms with Crippen LogP contribution in [-0.2, 0) is 14.8 Å². The summed E-state index contributed by atoms with van der Waals surface area (Å²) in [6, 6.07) is 5.49. The zero-order valence-corrected chi connectivity index (χ0v) is 23.0. The second kappa shape index (κ2) is 12.6. The first-order valence-electron chi connectivity index (χ1n) is 10.2. The van der Waals surface area contributed by atoms with Crippen LogP contribution in [0.3, 0.4) is 0 Å². The maximum absolute atomic E-state index is 13.5. The number of carbonyl (C=O) groups is 1. The van der Waals surface area contributed by atoms with E-state index in [9.17, 15) is 27.8 Å². The maximum Gasteiger partial charge on any atom is 0.305 e. The Hall–Kier alpha value is -2.09. The summed E-state index contributed by atoms with van der Waals surface area (Å²) >= 11 is 0. The molecule has 9 nitrogen and oxygen atoms in total. The Bertz CT molecular complexity index is 1130. The molecule has 2 aromatic rings. The third kappa shape index (κ3) is 8.29. The Labute approximate surface area is 215 Å². The smallest absolute Gasteiger partial charge is 0.305 e. The molecule has 0 fully saturated rings. The molecule has 1 aromatic carbocycles. The zero-order chi connectivity index (χ0) is 24.9. The zero-order valence-electron chi connectivity index (χ0n) is 19.3. The number of aliphatic hydroxyl groups is 2. The summed E-state index contributed by atoms with van der Waals surface area (Å²) in [7, 11) is -2.33. The van der Waals surface area contributed by atoms with E-state index in [2.05, 4.69) is 9.97 Å². The van der Waals surface area contributed by atoms with Gasteiger partial charge in [-0.1, -0.05) is 26.0 Å². The van der Waals surface area contributed by atoms with Crippen molar-refractivity contribution in [3.63, 3.8) is 0 Å². The fraction of sp³-hybridized carbons (Fsp3) is 0.409. The molecule has 0 aliphatic heterocycles. The normalized spacial score (nSPS) is 13.5. The van der Waals surface area contributed by atoms with Gasteiger partial charge in [0.1, 0.15) is 5.82 Å². The molecule has 0 amide bonds. The van der Waals surface area contributed by atoms with Gasteiger partial charge in [0, 0.05) is 48.5 Å². The van der Waals surface area contributed by atoms with Gasteiger partial charge in [0.2, 0.25) is 16.0 Å². The first-order valence-corrected chi connectivity index (χ1v) is 12.0. The summed E-state index contributed by atoms with van der Waals surface area (Å²) in [6.07, 6.45) is 0.860. The number of carboxylic acids is 1. The molecule has 34 heavy (non-hydrogen) atoms. The van der Waals surface area contributed by atoms with Crippen LogP contribution in [0.4, 0.5) is 10.3 Å². The SMILES string of the molecule is CC(C)c1nc(N(C)S(C)(=O)=O)nc(-c2ccc(F)cc2)c1/C=C/[C@@H](O)C[C@@H](O)CC(=O)O.[Sn]. The van der Waals surface area contributed by atoms with E-state index in [0.717, 1.165) is 10.6 Å². The first-order chi connectivity index (χ1) is 15.3. The number of carboxylic acid groups (broad SMARTS) is 1. The van der Waals surface area contributed by atoms with E-state index in [4.69, 9.17) is 5.11 Å². The quantitative estimate of drug-likeness (QED) is 0.352. The molecule has 1 aromatic heterocycles. The number of anilines is 1. The molecule has 0 saturated heterocycles. The van der Waals surface area contributed by atoms with Gasteiger partial charge < -0.3 is 15.3 Å². The minimum Gasteiger partial charge on any atom is -0.481 e. The molecule has 2 atom stereocenters. The van der Waals surface area contributed by atoms with E-state index < -0.39 is 40.4 Å². The summed E-state index contributed by atoms with van der Waals surface area (Å²) in [4.78, 5) is 19.6. The van der Waals surface area contributed by atoms with Gasteiger partial charge in [0.25, 0.3) is 0 Å². The molecule has 2 rings (SSSR count). The van der Waals surface area contributed by atoms with Crippen molar-refractivity contribution in [1.29, 1.82) is 0 Å². The fourth-order valence-electron chi connectivity index (χ4n) is 3.05. The van der Waals surface area contributed by atoms with E-state index in [-0.39, 0.29) is 42.2 Å². The van der Waals surface area contributed by atoms with Gasteiger partial charge >= 0.3 is 5.97 Å². The van der Waals surface area contributed by atoms with Crippen LogP contribution in [0.2, 0.25) is 0 Å². The van der Waals surface area contributed by atoms with E-state index in [1.54, 1.807) is 0 Å². The number of aliphatic hydroxyl groups excluding tert-OH is 2. The Balaban J connectivity index is 0.00000578. The fourth-order valence-corrected chi connectivity index (χ4v) is 3.42. The number of hydrogen-bond acceptors (Lipinski definition) is 7. The second-order valence-electron chi connectivity index (χ2n) is 7.98. The largest absolute Gasteiger partial charge is 0.481 e. The summed E-state index contributed by atoms with van der Waals surface area (Å²) < 4.78 is 38.6. The van der Waals surface area contributed by atoms with Crippen LogP contribution < -0.4 is 4.31 Å². The minimum absolute atomic E-state index is 0. The number of hydrogen-bond donors (Lipinski definition) is 3. The topological polar surface area (TPSA) is 141 Å². The number of sulfonamides is 1. The molecule has 4 radical (unpaired) electrons. The Kier molecular flexibility index (Phi) is 11.1. The minimum atomic E-state index is -3.65. The first kappa shape index (κ1) is 29.9. The van der Waals surface area contributed by atoms with Crippen LogP contribution >= 0.6 is 0 Å². The molecule has 3 N–H and O–H groups in total. The van der Waals surface area contributed by atoms with Crippen LogP contribution in [0, 0.1) is 5.82 Å². The average molecular weight is 600 g/mol.